The monoisotopic (exact) mass is 465 g/mol. The molecule has 26 heavy (non-hydrogen) atoms. The van der Waals surface area contributed by atoms with E-state index in [1.54, 1.807) is 6.07 Å². The summed E-state index contributed by atoms with van der Waals surface area (Å²) in [6.45, 7) is -0.365. The van der Waals surface area contributed by atoms with Crippen LogP contribution in [-0.4, -0.2) is 33.7 Å². The number of amides is 1. The molecule has 0 fully saturated rings. The maximum Gasteiger partial charge on any atom is 0.335 e. The second-order valence-electron chi connectivity index (χ2n) is 5.22. The van der Waals surface area contributed by atoms with E-state index in [1.807, 2.05) is 12.1 Å². The molecule has 0 aliphatic carbocycles. The Labute approximate surface area is 160 Å². The van der Waals surface area contributed by atoms with Crippen molar-refractivity contribution in [3.05, 3.63) is 51.6 Å². The van der Waals surface area contributed by atoms with E-state index < -0.39 is 11.9 Å². The minimum Gasteiger partial charge on any atom is -0.493 e. The van der Waals surface area contributed by atoms with Gasteiger partial charge in [0.2, 0.25) is 5.88 Å². The highest BCUT2D eigenvalue weighted by molar-refractivity contribution is 14.1. The highest BCUT2D eigenvalue weighted by Gasteiger charge is 2.11. The number of halogens is 1. The number of nitrogens with zero attached hydrogens (tertiary/aromatic N) is 2. The number of aromatic hydroxyl groups is 1. The van der Waals surface area contributed by atoms with Crippen LogP contribution in [0.4, 0.5) is 5.69 Å². The largest absolute Gasteiger partial charge is 0.493 e. The van der Waals surface area contributed by atoms with Crippen molar-refractivity contribution >= 4 is 51.1 Å². The van der Waals surface area contributed by atoms with E-state index in [0.29, 0.717) is 16.7 Å². The van der Waals surface area contributed by atoms with Crippen molar-refractivity contribution in [1.82, 2.24) is 4.98 Å². The van der Waals surface area contributed by atoms with Crippen LogP contribution in [0.15, 0.2) is 52.7 Å². The molecule has 0 unspecified atom stereocenters. The van der Waals surface area contributed by atoms with Crippen molar-refractivity contribution in [2.75, 3.05) is 6.61 Å². The number of H-pyrrole nitrogens is 1. The maximum atomic E-state index is 11.8. The fourth-order valence-corrected chi connectivity index (χ4v) is 2.70. The van der Waals surface area contributed by atoms with E-state index >= 15 is 0 Å². The number of hydrogen-bond donors (Lipinski definition) is 3. The van der Waals surface area contributed by atoms with Crippen LogP contribution in [0.5, 0.6) is 11.6 Å². The summed E-state index contributed by atoms with van der Waals surface area (Å²) in [5.74, 6) is -1.53. The van der Waals surface area contributed by atoms with Crippen LogP contribution in [0.2, 0.25) is 0 Å². The molecule has 3 rings (SSSR count). The number of fused-ring (bicyclic) bond motifs is 1. The molecule has 0 radical (unpaired) electrons. The summed E-state index contributed by atoms with van der Waals surface area (Å²) in [6, 6.07) is 11.1. The van der Waals surface area contributed by atoms with Gasteiger partial charge in [0.1, 0.15) is 5.75 Å². The third kappa shape index (κ3) is 3.99. The number of carbonyl (C=O) groups is 2. The fourth-order valence-electron chi connectivity index (χ4n) is 2.21. The molecular formula is C17H12IN3O5. The fraction of sp³-hybridized carbons (Fsp3) is 0.0588. The average molecular weight is 465 g/mol. The molecule has 3 N–H and O–H groups in total. The zero-order valence-electron chi connectivity index (χ0n) is 13.1. The lowest BCUT2D eigenvalue weighted by Crippen LogP contribution is -2.08. The Hall–Kier alpha value is -2.95. The van der Waals surface area contributed by atoms with E-state index in [1.165, 1.54) is 24.3 Å². The van der Waals surface area contributed by atoms with Gasteiger partial charge in [-0.15, -0.1) is 10.2 Å². The summed E-state index contributed by atoms with van der Waals surface area (Å²) in [5.41, 5.74) is 0.976. The van der Waals surface area contributed by atoms with Crippen molar-refractivity contribution in [2.24, 2.45) is 10.2 Å². The first-order valence-corrected chi connectivity index (χ1v) is 8.43. The zero-order valence-corrected chi connectivity index (χ0v) is 15.3. The number of aromatic carboxylic acids is 1. The Morgan fingerprint density at radius 1 is 1.15 bits per heavy atom. The summed E-state index contributed by atoms with van der Waals surface area (Å²) in [6.07, 6.45) is 0. The summed E-state index contributed by atoms with van der Waals surface area (Å²) in [4.78, 5) is 25.4. The normalized spacial score (nSPS) is 11.1. The van der Waals surface area contributed by atoms with Gasteiger partial charge < -0.3 is 19.9 Å². The maximum absolute atomic E-state index is 11.8. The van der Waals surface area contributed by atoms with Crippen molar-refractivity contribution in [1.29, 1.82) is 0 Å². The molecule has 9 heteroatoms. The van der Waals surface area contributed by atoms with Gasteiger partial charge in [-0.1, -0.05) is 0 Å². The first kappa shape index (κ1) is 17.9. The molecule has 2 aromatic carbocycles. The molecule has 0 bridgehead atoms. The predicted octanol–water partition coefficient (Wildman–Crippen LogP) is 3.87. The first-order chi connectivity index (χ1) is 12.4. The number of azo groups is 1. The first-order valence-electron chi connectivity index (χ1n) is 7.35. The standard InChI is InChI=1S/C17H12IN3O5/c18-10-3-6-13-12(7-10)15(16(23)19-13)21-20-14(22)8-26-11-4-1-9(2-5-11)17(24)25/h1-7,19,23H,8H2,(H,24,25). The predicted molar refractivity (Wildman–Crippen MR) is 101 cm³/mol. The second-order valence-corrected chi connectivity index (χ2v) is 6.47. The Kier molecular flexibility index (Phi) is 5.16. The lowest BCUT2D eigenvalue weighted by Gasteiger charge is -2.03. The van der Waals surface area contributed by atoms with Gasteiger partial charge >= 0.3 is 11.9 Å². The van der Waals surface area contributed by atoms with Gasteiger partial charge in [-0.05, 0) is 65.1 Å². The molecule has 3 aromatic rings. The third-order valence-electron chi connectivity index (χ3n) is 3.44. The van der Waals surface area contributed by atoms with Crippen LogP contribution in [0, 0.1) is 3.57 Å². The van der Waals surface area contributed by atoms with E-state index in [4.69, 9.17) is 9.84 Å². The molecule has 0 saturated heterocycles. The molecule has 0 aliphatic heterocycles. The Bertz CT molecular complexity index is 1010. The minimum atomic E-state index is -1.05. The number of carboxylic acids is 1. The minimum absolute atomic E-state index is 0.118. The van der Waals surface area contributed by atoms with Gasteiger partial charge in [0.15, 0.2) is 12.3 Å². The highest BCUT2D eigenvalue weighted by Crippen LogP contribution is 2.36. The van der Waals surface area contributed by atoms with E-state index in [9.17, 15) is 14.7 Å². The van der Waals surface area contributed by atoms with Gasteiger partial charge in [-0.2, -0.15) is 0 Å². The SMILES string of the molecule is O=C(COc1ccc(C(=O)O)cc1)N=Nc1c(O)[nH]c2ccc(I)cc12. The van der Waals surface area contributed by atoms with E-state index in [-0.39, 0.29) is 23.7 Å². The smallest absolute Gasteiger partial charge is 0.335 e. The number of carboxylic acid groups (broad SMARTS) is 1. The van der Waals surface area contributed by atoms with E-state index in [0.717, 1.165) is 3.57 Å². The van der Waals surface area contributed by atoms with Crippen LogP contribution in [0.25, 0.3) is 10.9 Å². The van der Waals surface area contributed by atoms with Crippen molar-refractivity contribution < 1.29 is 24.5 Å². The number of rotatable bonds is 5. The molecule has 1 heterocycles. The van der Waals surface area contributed by atoms with Crippen LogP contribution >= 0.6 is 22.6 Å². The van der Waals surface area contributed by atoms with Crippen LogP contribution < -0.4 is 4.74 Å². The van der Waals surface area contributed by atoms with Gasteiger partial charge in [0.25, 0.3) is 0 Å². The number of nitrogens with one attached hydrogen (secondary N) is 1. The lowest BCUT2D eigenvalue weighted by atomic mass is 10.2. The molecule has 0 spiro atoms. The van der Waals surface area contributed by atoms with Crippen molar-refractivity contribution in [3.8, 4) is 11.6 Å². The molecule has 0 saturated carbocycles. The molecule has 0 atom stereocenters. The van der Waals surface area contributed by atoms with Crippen LogP contribution in [0.3, 0.4) is 0 Å². The topological polar surface area (TPSA) is 124 Å². The Morgan fingerprint density at radius 2 is 1.88 bits per heavy atom. The Morgan fingerprint density at radius 3 is 2.58 bits per heavy atom. The molecule has 0 aliphatic rings. The van der Waals surface area contributed by atoms with E-state index in [2.05, 4.69) is 37.8 Å². The lowest BCUT2D eigenvalue weighted by molar-refractivity contribution is -0.120. The van der Waals surface area contributed by atoms with Crippen LogP contribution in [-0.2, 0) is 4.79 Å². The number of aromatic amines is 1. The zero-order chi connectivity index (χ0) is 18.7. The average Bonchev–Trinajstić information content (AvgIpc) is 2.93. The van der Waals surface area contributed by atoms with Crippen molar-refractivity contribution in [3.63, 3.8) is 0 Å². The number of hydrogen-bond acceptors (Lipinski definition) is 5. The molecule has 1 aromatic heterocycles. The number of aromatic nitrogens is 1. The number of benzene rings is 2. The molecular weight excluding hydrogens is 453 g/mol. The highest BCUT2D eigenvalue weighted by atomic mass is 127. The van der Waals surface area contributed by atoms with Gasteiger partial charge in [0, 0.05) is 8.96 Å². The molecule has 132 valence electrons. The summed E-state index contributed by atoms with van der Waals surface area (Å²) >= 11 is 2.13. The van der Waals surface area contributed by atoms with Gasteiger partial charge in [-0.3, -0.25) is 4.79 Å². The van der Waals surface area contributed by atoms with Gasteiger partial charge in [0.05, 0.1) is 11.1 Å². The summed E-state index contributed by atoms with van der Waals surface area (Å²) in [5, 5.41) is 26.8. The van der Waals surface area contributed by atoms with Crippen molar-refractivity contribution in [2.45, 2.75) is 0 Å². The van der Waals surface area contributed by atoms with Gasteiger partial charge in [-0.25, -0.2) is 4.79 Å². The quantitative estimate of drug-likeness (QED) is 0.390. The second kappa shape index (κ2) is 7.52. The summed E-state index contributed by atoms with van der Waals surface area (Å²) in [7, 11) is 0. The molecule has 8 nitrogen and oxygen atoms in total. The Balaban J connectivity index is 1.67. The van der Waals surface area contributed by atoms with Crippen LogP contribution in [0.1, 0.15) is 10.4 Å². The number of carbonyl (C=O) groups excluding carboxylic acids is 1. The molecule has 1 amide bonds. The third-order valence-corrected chi connectivity index (χ3v) is 4.11. The number of ether oxygens (including phenoxy) is 1. The summed E-state index contributed by atoms with van der Waals surface area (Å²) < 4.78 is 6.19.